The maximum absolute atomic E-state index is 12.8. The molecule has 3 N–H and O–H groups in total. The highest BCUT2D eigenvalue weighted by molar-refractivity contribution is 6.06. The van der Waals surface area contributed by atoms with Crippen LogP contribution in [0.4, 0.5) is 5.82 Å². The van der Waals surface area contributed by atoms with Crippen LogP contribution in [-0.4, -0.2) is 60.6 Å². The minimum Gasteiger partial charge on any atom is -0.394 e. The van der Waals surface area contributed by atoms with Gasteiger partial charge in [0.15, 0.2) is 23.2 Å². The van der Waals surface area contributed by atoms with E-state index in [1.807, 2.05) is 31.2 Å². The monoisotopic (exact) mass is 589 g/mol. The fraction of sp³-hybridized carbons (Fsp3) is 0.235. The molecule has 0 bridgehead atoms. The maximum atomic E-state index is 12.8. The predicted molar refractivity (Wildman–Crippen MR) is 166 cm³/mol. The summed E-state index contributed by atoms with van der Waals surface area (Å²) in [4.78, 5) is 26.0. The molecule has 44 heavy (non-hydrogen) atoms. The third-order valence-electron chi connectivity index (χ3n) is 8.19. The molecule has 5 atom stereocenters. The number of hydrogen-bond acceptors (Lipinski definition) is 8. The normalized spacial score (nSPS) is 20.8. The van der Waals surface area contributed by atoms with Gasteiger partial charge < -0.3 is 25.0 Å². The van der Waals surface area contributed by atoms with E-state index >= 15 is 0 Å². The van der Waals surface area contributed by atoms with E-state index < -0.39 is 31.1 Å². The van der Waals surface area contributed by atoms with E-state index in [-0.39, 0.29) is 17.8 Å². The van der Waals surface area contributed by atoms with Crippen LogP contribution in [0.2, 0.25) is 0 Å². The average molecular weight is 590 g/mol. The summed E-state index contributed by atoms with van der Waals surface area (Å²) in [7, 11) is 0. The highest BCUT2D eigenvalue weighted by Gasteiger charge is 2.47. The molecule has 3 heterocycles. The predicted octanol–water partition coefficient (Wildman–Crippen LogP) is 5.17. The lowest BCUT2D eigenvalue weighted by molar-refractivity contribution is -0.102. The zero-order valence-corrected chi connectivity index (χ0v) is 23.9. The highest BCUT2D eigenvalue weighted by atomic mass is 16.6. The SMILES string of the molecule is CCC(O[C@@H]1[C@H](O)[C@@H](CO)O[C@H]1n1cnc2c(NC(=O)c3ccccc3)ncnc21)c1ccc2cc3ccccc3cc2c1. The van der Waals surface area contributed by atoms with E-state index in [0.29, 0.717) is 23.1 Å². The Morgan fingerprint density at radius 2 is 1.68 bits per heavy atom. The van der Waals surface area contributed by atoms with E-state index in [9.17, 15) is 15.0 Å². The Balaban J connectivity index is 1.20. The van der Waals surface area contributed by atoms with E-state index in [1.165, 1.54) is 18.0 Å². The van der Waals surface area contributed by atoms with Gasteiger partial charge in [-0.15, -0.1) is 0 Å². The molecule has 0 spiro atoms. The second-order valence-corrected chi connectivity index (χ2v) is 10.9. The molecule has 1 aliphatic heterocycles. The molecule has 1 amide bonds. The number of amides is 1. The van der Waals surface area contributed by atoms with Gasteiger partial charge in [0.05, 0.1) is 19.0 Å². The zero-order chi connectivity index (χ0) is 30.2. The van der Waals surface area contributed by atoms with Gasteiger partial charge >= 0.3 is 0 Å². The van der Waals surface area contributed by atoms with E-state index in [2.05, 4.69) is 56.7 Å². The van der Waals surface area contributed by atoms with Crippen molar-refractivity contribution in [2.75, 3.05) is 11.9 Å². The Kier molecular flexibility index (Phi) is 7.49. The lowest BCUT2D eigenvalue weighted by Gasteiger charge is -2.27. The van der Waals surface area contributed by atoms with Crippen molar-refractivity contribution in [1.82, 2.24) is 19.5 Å². The molecule has 1 fully saturated rings. The summed E-state index contributed by atoms with van der Waals surface area (Å²) in [5.41, 5.74) is 2.19. The lowest BCUT2D eigenvalue weighted by Crippen LogP contribution is -2.36. The molecule has 6 aromatic rings. The summed E-state index contributed by atoms with van der Waals surface area (Å²) in [5, 5.41) is 28.6. The van der Waals surface area contributed by atoms with E-state index in [1.54, 1.807) is 28.8 Å². The third kappa shape index (κ3) is 5.07. The summed E-state index contributed by atoms with van der Waals surface area (Å²) in [6.45, 7) is 1.63. The van der Waals surface area contributed by atoms with Gasteiger partial charge in [-0.1, -0.05) is 61.5 Å². The average Bonchev–Trinajstić information content (AvgIpc) is 3.63. The molecule has 1 saturated heterocycles. The van der Waals surface area contributed by atoms with Gasteiger partial charge in [0.25, 0.3) is 5.91 Å². The fourth-order valence-corrected chi connectivity index (χ4v) is 5.90. The second kappa shape index (κ2) is 11.7. The Hall–Kier alpha value is -4.74. The topological polar surface area (TPSA) is 132 Å². The van der Waals surface area contributed by atoms with Crippen molar-refractivity contribution in [2.45, 2.75) is 44.0 Å². The Labute approximate surface area is 252 Å². The molecule has 7 rings (SSSR count). The molecule has 10 heteroatoms. The molecule has 2 aromatic heterocycles. The number of nitrogens with zero attached hydrogens (tertiary/aromatic N) is 4. The molecule has 0 aliphatic carbocycles. The van der Waals surface area contributed by atoms with Crippen LogP contribution in [0.25, 0.3) is 32.7 Å². The first-order valence-corrected chi connectivity index (χ1v) is 14.6. The van der Waals surface area contributed by atoms with Crippen molar-refractivity contribution < 1.29 is 24.5 Å². The van der Waals surface area contributed by atoms with Gasteiger partial charge in [0.1, 0.15) is 24.6 Å². The molecule has 10 nitrogen and oxygen atoms in total. The van der Waals surface area contributed by atoms with Gasteiger partial charge in [0.2, 0.25) is 0 Å². The third-order valence-corrected chi connectivity index (χ3v) is 8.19. The van der Waals surface area contributed by atoms with Gasteiger partial charge in [-0.05, 0) is 63.9 Å². The number of hydrogen-bond donors (Lipinski definition) is 3. The molecule has 4 aromatic carbocycles. The molecule has 222 valence electrons. The standard InChI is InChI=1S/C34H31N5O5/c1-2-26(24-13-12-23-14-21-10-6-7-11-22(21)15-25(23)16-24)43-30-29(41)27(17-40)44-34(30)39-19-37-28-31(35-18-36-32(28)39)38-33(42)20-8-4-3-5-9-20/h3-16,18-19,26-27,29-30,34,40-41H,2,17H2,1H3,(H,35,36,38,42)/t26?,27-,29-,30-,34-/m1/s1. The summed E-state index contributed by atoms with van der Waals surface area (Å²) in [6, 6.07) is 27.7. The lowest BCUT2D eigenvalue weighted by atomic mass is 9.98. The minimum atomic E-state index is -1.11. The first-order valence-electron chi connectivity index (χ1n) is 14.6. The summed E-state index contributed by atoms with van der Waals surface area (Å²) >= 11 is 0. The number of aliphatic hydroxyl groups is 2. The molecule has 1 unspecified atom stereocenters. The summed E-state index contributed by atoms with van der Waals surface area (Å²) < 4.78 is 14.4. The molecule has 1 aliphatic rings. The summed E-state index contributed by atoms with van der Waals surface area (Å²) in [6.07, 6.45) is -0.549. The largest absolute Gasteiger partial charge is 0.394 e. The number of aliphatic hydroxyl groups excluding tert-OH is 2. The van der Waals surface area contributed by atoms with Crippen LogP contribution in [0.15, 0.2) is 97.6 Å². The van der Waals surface area contributed by atoms with Crippen LogP contribution >= 0.6 is 0 Å². The van der Waals surface area contributed by atoms with E-state index in [4.69, 9.17) is 9.47 Å². The molecule has 0 radical (unpaired) electrons. The van der Waals surface area contributed by atoms with Gasteiger partial charge in [-0.3, -0.25) is 9.36 Å². The first kappa shape index (κ1) is 28.1. The van der Waals surface area contributed by atoms with Crippen molar-refractivity contribution in [3.63, 3.8) is 0 Å². The number of ether oxygens (including phenoxy) is 2. The number of imidazole rings is 1. The Morgan fingerprint density at radius 1 is 0.955 bits per heavy atom. The fourth-order valence-electron chi connectivity index (χ4n) is 5.90. The van der Waals surface area contributed by atoms with Crippen molar-refractivity contribution in [1.29, 1.82) is 0 Å². The van der Waals surface area contributed by atoms with Crippen LogP contribution in [0, 0.1) is 0 Å². The van der Waals surface area contributed by atoms with Gasteiger partial charge in [-0.2, -0.15) is 0 Å². The van der Waals surface area contributed by atoms with Crippen molar-refractivity contribution in [2.24, 2.45) is 0 Å². The maximum Gasteiger partial charge on any atom is 0.256 e. The Bertz CT molecular complexity index is 1960. The molecular weight excluding hydrogens is 558 g/mol. The number of nitrogens with one attached hydrogen (secondary N) is 1. The smallest absolute Gasteiger partial charge is 0.256 e. The number of carbonyl (C=O) groups is 1. The van der Waals surface area contributed by atoms with Crippen molar-refractivity contribution in [3.05, 3.63) is 109 Å². The number of benzene rings is 4. The van der Waals surface area contributed by atoms with Crippen LogP contribution in [-0.2, 0) is 9.47 Å². The van der Waals surface area contributed by atoms with Gasteiger partial charge in [-0.25, -0.2) is 15.0 Å². The number of aromatic nitrogens is 4. The number of rotatable bonds is 8. The first-order chi connectivity index (χ1) is 21.5. The quantitative estimate of drug-likeness (QED) is 0.207. The van der Waals surface area contributed by atoms with E-state index in [0.717, 1.165) is 21.7 Å². The van der Waals surface area contributed by atoms with Crippen LogP contribution in [0.1, 0.15) is 41.6 Å². The van der Waals surface area contributed by atoms with Crippen molar-refractivity contribution >= 4 is 44.4 Å². The molecule has 0 saturated carbocycles. The summed E-state index contributed by atoms with van der Waals surface area (Å²) in [5.74, 6) is -0.0872. The highest BCUT2D eigenvalue weighted by Crippen LogP contribution is 2.38. The number of fused-ring (bicyclic) bond motifs is 3. The van der Waals surface area contributed by atoms with Crippen LogP contribution in [0.5, 0.6) is 0 Å². The van der Waals surface area contributed by atoms with Crippen LogP contribution in [0.3, 0.4) is 0 Å². The molecular formula is C34H31N5O5. The number of carbonyl (C=O) groups excluding carboxylic acids is 1. The zero-order valence-electron chi connectivity index (χ0n) is 23.9. The van der Waals surface area contributed by atoms with Crippen molar-refractivity contribution in [3.8, 4) is 0 Å². The second-order valence-electron chi connectivity index (χ2n) is 10.9. The minimum absolute atomic E-state index is 0.243. The number of anilines is 1. The van der Waals surface area contributed by atoms with Crippen LogP contribution < -0.4 is 5.32 Å². The van der Waals surface area contributed by atoms with Gasteiger partial charge in [0, 0.05) is 5.56 Å². The Morgan fingerprint density at radius 3 is 2.43 bits per heavy atom.